The minimum Gasteiger partial charge on any atom is -0.370 e. The minimum absolute atomic E-state index is 0. The first-order valence-electron chi connectivity index (χ1n) is 7.24. The molecule has 4 nitrogen and oxygen atoms in total. The zero-order chi connectivity index (χ0) is 15.9. The average molecular weight is 420 g/mol. The smallest absolute Gasteiger partial charge is 0.193 e. The lowest BCUT2D eigenvalue weighted by molar-refractivity contribution is 0.867. The zero-order valence-corrected chi connectivity index (χ0v) is 15.6. The predicted molar refractivity (Wildman–Crippen MR) is 106 cm³/mol. The van der Waals surface area contributed by atoms with Gasteiger partial charge in [-0.3, -0.25) is 0 Å². The SMILES string of the molecule is CC(C)c1cccc(NC(N)=NCc2cccc(C#N)c2)c1.I. The maximum Gasteiger partial charge on any atom is 0.193 e. The molecule has 0 bridgehead atoms. The van der Waals surface area contributed by atoms with Gasteiger partial charge in [-0.1, -0.05) is 38.1 Å². The van der Waals surface area contributed by atoms with Gasteiger partial charge in [0.25, 0.3) is 0 Å². The van der Waals surface area contributed by atoms with Gasteiger partial charge in [0.05, 0.1) is 18.2 Å². The summed E-state index contributed by atoms with van der Waals surface area (Å²) < 4.78 is 0. The van der Waals surface area contributed by atoms with Crippen LogP contribution in [0.3, 0.4) is 0 Å². The molecule has 0 aliphatic heterocycles. The molecule has 0 aliphatic carbocycles. The topological polar surface area (TPSA) is 74.2 Å². The van der Waals surface area contributed by atoms with E-state index >= 15 is 0 Å². The number of nitriles is 1. The fourth-order valence-corrected chi connectivity index (χ4v) is 2.08. The number of anilines is 1. The summed E-state index contributed by atoms with van der Waals surface area (Å²) in [6.07, 6.45) is 0. The zero-order valence-electron chi connectivity index (χ0n) is 13.3. The highest BCUT2D eigenvalue weighted by Crippen LogP contribution is 2.18. The van der Waals surface area contributed by atoms with Gasteiger partial charge in [0.15, 0.2) is 5.96 Å². The van der Waals surface area contributed by atoms with Crippen molar-refractivity contribution in [2.45, 2.75) is 26.3 Å². The van der Waals surface area contributed by atoms with E-state index < -0.39 is 0 Å². The second kappa shape index (κ2) is 9.16. The minimum atomic E-state index is 0. The van der Waals surface area contributed by atoms with E-state index in [1.54, 1.807) is 6.07 Å². The Bertz CT molecular complexity index is 717. The Morgan fingerprint density at radius 2 is 1.96 bits per heavy atom. The fraction of sp³-hybridized carbons (Fsp3) is 0.222. The van der Waals surface area contributed by atoms with Gasteiger partial charge in [-0.25, -0.2) is 4.99 Å². The number of rotatable bonds is 4. The molecule has 2 aromatic rings. The molecule has 0 unspecified atom stereocenters. The van der Waals surface area contributed by atoms with Crippen LogP contribution < -0.4 is 11.1 Å². The van der Waals surface area contributed by atoms with Crippen LogP contribution in [0, 0.1) is 11.3 Å². The molecule has 120 valence electrons. The maximum atomic E-state index is 8.88. The van der Waals surface area contributed by atoms with Crippen LogP contribution in [0.5, 0.6) is 0 Å². The average Bonchev–Trinajstić information content (AvgIpc) is 2.53. The van der Waals surface area contributed by atoms with Crippen LogP contribution in [0.25, 0.3) is 0 Å². The Kier molecular flexibility index (Phi) is 7.55. The third-order valence-corrected chi connectivity index (χ3v) is 3.31. The van der Waals surface area contributed by atoms with Crippen molar-refractivity contribution in [1.82, 2.24) is 0 Å². The summed E-state index contributed by atoms with van der Waals surface area (Å²) in [5.74, 6) is 0.830. The normalized spacial score (nSPS) is 10.8. The highest BCUT2D eigenvalue weighted by molar-refractivity contribution is 14.0. The molecule has 5 heteroatoms. The third kappa shape index (κ3) is 5.91. The summed E-state index contributed by atoms with van der Waals surface area (Å²) in [7, 11) is 0. The molecule has 0 saturated carbocycles. The highest BCUT2D eigenvalue weighted by Gasteiger charge is 2.01. The Morgan fingerprint density at radius 3 is 2.65 bits per heavy atom. The van der Waals surface area contributed by atoms with Crippen LogP contribution in [-0.4, -0.2) is 5.96 Å². The van der Waals surface area contributed by atoms with Crippen LogP contribution in [0.4, 0.5) is 5.69 Å². The summed E-state index contributed by atoms with van der Waals surface area (Å²) >= 11 is 0. The molecule has 0 amide bonds. The predicted octanol–water partition coefficient (Wildman–Crippen LogP) is 4.23. The van der Waals surface area contributed by atoms with Crippen LogP contribution in [-0.2, 0) is 6.54 Å². The van der Waals surface area contributed by atoms with Crippen molar-refractivity contribution in [3.05, 3.63) is 65.2 Å². The maximum absolute atomic E-state index is 8.88. The van der Waals surface area contributed by atoms with Gasteiger partial charge in [0, 0.05) is 5.69 Å². The van der Waals surface area contributed by atoms with Crippen LogP contribution in [0.1, 0.15) is 36.5 Å². The first kappa shape index (κ1) is 19.0. The second-order valence-electron chi connectivity index (χ2n) is 5.42. The molecule has 0 aromatic heterocycles. The second-order valence-corrected chi connectivity index (χ2v) is 5.42. The highest BCUT2D eigenvalue weighted by atomic mass is 127. The lowest BCUT2D eigenvalue weighted by Gasteiger charge is -2.10. The number of nitrogens with one attached hydrogen (secondary N) is 1. The van der Waals surface area contributed by atoms with Crippen LogP contribution in [0.2, 0.25) is 0 Å². The number of hydrogen-bond donors (Lipinski definition) is 2. The van der Waals surface area contributed by atoms with Gasteiger partial charge < -0.3 is 11.1 Å². The van der Waals surface area contributed by atoms with Crippen LogP contribution >= 0.6 is 24.0 Å². The molecule has 23 heavy (non-hydrogen) atoms. The van der Waals surface area contributed by atoms with Crippen molar-refractivity contribution in [3.63, 3.8) is 0 Å². The molecule has 0 saturated heterocycles. The Labute approximate surface area is 154 Å². The van der Waals surface area contributed by atoms with E-state index in [-0.39, 0.29) is 24.0 Å². The van der Waals surface area contributed by atoms with Crippen molar-refractivity contribution in [3.8, 4) is 6.07 Å². The number of guanidine groups is 1. The molecular formula is C18H21IN4. The van der Waals surface area contributed by atoms with Crippen molar-refractivity contribution >= 4 is 35.6 Å². The first-order valence-corrected chi connectivity index (χ1v) is 7.24. The van der Waals surface area contributed by atoms with E-state index in [9.17, 15) is 0 Å². The fourth-order valence-electron chi connectivity index (χ4n) is 2.08. The number of nitrogens with two attached hydrogens (primary N) is 1. The van der Waals surface area contributed by atoms with Gasteiger partial charge in [-0.2, -0.15) is 5.26 Å². The van der Waals surface area contributed by atoms with Gasteiger partial charge in [-0.05, 0) is 41.3 Å². The molecule has 2 rings (SSSR count). The largest absolute Gasteiger partial charge is 0.370 e. The van der Waals surface area contributed by atoms with E-state index in [0.717, 1.165) is 11.3 Å². The van der Waals surface area contributed by atoms with Crippen molar-refractivity contribution < 1.29 is 0 Å². The number of aliphatic imine (C=N–C) groups is 1. The summed E-state index contributed by atoms with van der Waals surface area (Å²) in [4.78, 5) is 4.31. The lowest BCUT2D eigenvalue weighted by Crippen LogP contribution is -2.22. The molecule has 3 N–H and O–H groups in total. The molecule has 0 spiro atoms. The Balaban J connectivity index is 0.00000264. The lowest BCUT2D eigenvalue weighted by atomic mass is 10.0. The summed E-state index contributed by atoms with van der Waals surface area (Å²) in [5, 5.41) is 12.0. The molecule has 0 radical (unpaired) electrons. The Hall–Kier alpha value is -2.07. The molecule has 0 aliphatic rings. The number of halogens is 1. The molecular weight excluding hydrogens is 399 g/mol. The third-order valence-electron chi connectivity index (χ3n) is 3.31. The molecule has 0 heterocycles. The Morgan fingerprint density at radius 1 is 1.22 bits per heavy atom. The molecule has 0 atom stereocenters. The molecule has 2 aromatic carbocycles. The monoisotopic (exact) mass is 420 g/mol. The number of nitrogens with zero attached hydrogens (tertiary/aromatic N) is 2. The summed E-state index contributed by atoms with van der Waals surface area (Å²) in [5.41, 5.74) is 9.69. The van der Waals surface area contributed by atoms with Crippen molar-refractivity contribution in [2.24, 2.45) is 10.7 Å². The summed E-state index contributed by atoms with van der Waals surface area (Å²) in [6, 6.07) is 17.6. The van der Waals surface area contributed by atoms with Crippen molar-refractivity contribution in [1.29, 1.82) is 5.26 Å². The van der Waals surface area contributed by atoms with Gasteiger partial charge >= 0.3 is 0 Å². The van der Waals surface area contributed by atoms with Crippen LogP contribution in [0.15, 0.2) is 53.5 Å². The summed E-state index contributed by atoms with van der Waals surface area (Å²) in [6.45, 7) is 4.75. The van der Waals surface area contributed by atoms with E-state index in [1.165, 1.54) is 5.56 Å². The van der Waals surface area contributed by atoms with Gasteiger partial charge in [-0.15, -0.1) is 24.0 Å². The quantitative estimate of drug-likeness (QED) is 0.442. The van der Waals surface area contributed by atoms with Gasteiger partial charge in [0.1, 0.15) is 0 Å². The van der Waals surface area contributed by atoms with Crippen molar-refractivity contribution in [2.75, 3.05) is 5.32 Å². The standard InChI is InChI=1S/C18H20N4.HI/c1-13(2)16-7-4-8-17(10-16)22-18(20)21-12-15-6-3-5-14(9-15)11-19;/h3-10,13H,12H2,1-2H3,(H3,20,21,22);1H. The van der Waals surface area contributed by atoms with E-state index in [2.05, 4.69) is 42.4 Å². The van der Waals surface area contributed by atoms with E-state index in [0.29, 0.717) is 24.0 Å². The van der Waals surface area contributed by atoms with E-state index in [4.69, 9.17) is 11.0 Å². The van der Waals surface area contributed by atoms with E-state index in [1.807, 2.05) is 30.3 Å². The number of hydrogen-bond acceptors (Lipinski definition) is 2. The molecule has 0 fully saturated rings. The van der Waals surface area contributed by atoms with Gasteiger partial charge in [0.2, 0.25) is 0 Å². The first-order chi connectivity index (χ1) is 10.6. The number of benzene rings is 2.